The molecular weight excluding hydrogens is 116 g/mol. The average Bonchev–Trinajstić information content (AvgIpc) is 1.90. The van der Waals surface area contributed by atoms with Gasteiger partial charge in [-0.2, -0.15) is 0 Å². The van der Waals surface area contributed by atoms with Crippen LogP contribution in [0.3, 0.4) is 0 Å². The van der Waals surface area contributed by atoms with Gasteiger partial charge < -0.3 is 5.32 Å². The van der Waals surface area contributed by atoms with Gasteiger partial charge in [-0.05, 0) is 19.9 Å². The fraction of sp³-hybridized carbons (Fsp3) is 0.833. The summed E-state index contributed by atoms with van der Waals surface area (Å²) in [5.74, 6) is 0.247. The van der Waals surface area contributed by atoms with Crippen LogP contribution in [0.5, 0.6) is 0 Å². The third kappa shape index (κ3) is 1.77. The van der Waals surface area contributed by atoms with Crippen LogP contribution in [0, 0.1) is 0 Å². The van der Waals surface area contributed by atoms with Gasteiger partial charge in [0.25, 0.3) is 0 Å². The maximum atomic E-state index is 10.7. The maximum Gasteiger partial charge on any atom is 0.146 e. The molecule has 1 atom stereocenters. The van der Waals surface area contributed by atoms with Crippen molar-refractivity contribution in [1.29, 1.82) is 0 Å². The van der Waals surface area contributed by atoms with Crippen molar-refractivity contribution in [3.05, 3.63) is 0 Å². The molecule has 3 nitrogen and oxygen atoms in total. The molecule has 0 aromatic carbocycles. The molecule has 0 saturated carbocycles. The first-order valence-electron chi connectivity index (χ1n) is 3.25. The largest absolute Gasteiger partial charge is 0.304 e. The van der Waals surface area contributed by atoms with Gasteiger partial charge in [0, 0.05) is 6.67 Å². The predicted octanol–water partition coefficient (Wildman–Crippen LogP) is -0.516. The molecule has 0 bridgehead atoms. The number of hydrogen-bond acceptors (Lipinski definition) is 3. The van der Waals surface area contributed by atoms with Gasteiger partial charge in [-0.25, -0.2) is 0 Å². The number of carbonyl (C=O) groups is 1. The van der Waals surface area contributed by atoms with E-state index in [0.29, 0.717) is 0 Å². The molecule has 1 aliphatic rings. The molecule has 2 N–H and O–H groups in total. The lowest BCUT2D eigenvalue weighted by Gasteiger charge is -2.21. The van der Waals surface area contributed by atoms with Gasteiger partial charge in [0.1, 0.15) is 5.78 Å². The Morgan fingerprint density at radius 3 is 2.78 bits per heavy atom. The van der Waals surface area contributed by atoms with E-state index in [1.165, 1.54) is 0 Å². The fourth-order valence-electron chi connectivity index (χ4n) is 0.979. The van der Waals surface area contributed by atoms with Crippen LogP contribution in [-0.2, 0) is 4.79 Å². The highest BCUT2D eigenvalue weighted by atomic mass is 16.1. The van der Waals surface area contributed by atoms with E-state index in [-0.39, 0.29) is 11.8 Å². The Morgan fingerprint density at radius 2 is 2.44 bits per heavy atom. The Kier molecular flexibility index (Phi) is 2.19. The van der Waals surface area contributed by atoms with Gasteiger partial charge >= 0.3 is 0 Å². The summed E-state index contributed by atoms with van der Waals surface area (Å²) < 4.78 is 0. The molecule has 3 heteroatoms. The fourth-order valence-corrected chi connectivity index (χ4v) is 0.979. The van der Waals surface area contributed by atoms with Crippen molar-refractivity contribution >= 4 is 5.78 Å². The lowest BCUT2D eigenvalue weighted by Crippen LogP contribution is -2.48. The zero-order valence-corrected chi connectivity index (χ0v) is 5.61. The minimum Gasteiger partial charge on any atom is -0.304 e. The Bertz CT molecular complexity index is 108. The van der Waals surface area contributed by atoms with Gasteiger partial charge in [0.05, 0.1) is 6.04 Å². The smallest absolute Gasteiger partial charge is 0.146 e. The van der Waals surface area contributed by atoms with E-state index in [1.807, 2.05) is 0 Å². The molecule has 0 aliphatic carbocycles. The van der Waals surface area contributed by atoms with E-state index in [4.69, 9.17) is 0 Å². The van der Waals surface area contributed by atoms with Crippen LogP contribution in [0.15, 0.2) is 0 Å². The van der Waals surface area contributed by atoms with E-state index in [2.05, 4.69) is 10.6 Å². The molecule has 52 valence electrons. The average molecular weight is 128 g/mol. The number of carbonyl (C=O) groups excluding carboxylic acids is 1. The first kappa shape index (κ1) is 6.71. The molecule has 1 aliphatic heterocycles. The van der Waals surface area contributed by atoms with Crippen LogP contribution >= 0.6 is 0 Å². The normalized spacial score (nSPS) is 27.9. The van der Waals surface area contributed by atoms with Crippen molar-refractivity contribution in [1.82, 2.24) is 10.6 Å². The molecule has 1 fully saturated rings. The summed E-state index contributed by atoms with van der Waals surface area (Å²) in [6.07, 6.45) is 0.926. The second-order valence-corrected chi connectivity index (χ2v) is 2.33. The monoisotopic (exact) mass is 128 g/mol. The van der Waals surface area contributed by atoms with Crippen LogP contribution in [0.1, 0.15) is 13.3 Å². The van der Waals surface area contributed by atoms with Crippen LogP contribution in [0.25, 0.3) is 0 Å². The van der Waals surface area contributed by atoms with Crippen molar-refractivity contribution < 1.29 is 4.79 Å². The third-order valence-electron chi connectivity index (χ3n) is 1.57. The number of nitrogens with one attached hydrogen (secondary N) is 2. The second kappa shape index (κ2) is 2.94. The molecule has 0 amide bonds. The highest BCUT2D eigenvalue weighted by Gasteiger charge is 2.15. The van der Waals surface area contributed by atoms with Gasteiger partial charge in [0.15, 0.2) is 0 Å². The number of Topliss-reactive ketones (excluding diaryl/α,β-unsaturated/α-hetero) is 1. The standard InChI is InChI=1S/C6H12N2O/c1-5(9)6-2-3-7-4-8-6/h6-8H,2-4H2,1H3. The highest BCUT2D eigenvalue weighted by molar-refractivity contribution is 5.81. The summed E-state index contributed by atoms with van der Waals surface area (Å²) in [4.78, 5) is 10.7. The number of hydrogen-bond donors (Lipinski definition) is 2. The molecule has 1 unspecified atom stereocenters. The maximum absolute atomic E-state index is 10.7. The van der Waals surface area contributed by atoms with Crippen LogP contribution in [-0.4, -0.2) is 25.0 Å². The zero-order valence-electron chi connectivity index (χ0n) is 5.61. The van der Waals surface area contributed by atoms with Gasteiger partial charge in [0.2, 0.25) is 0 Å². The third-order valence-corrected chi connectivity index (χ3v) is 1.57. The quantitative estimate of drug-likeness (QED) is 0.499. The molecular formula is C6H12N2O. The molecule has 0 aromatic rings. The molecule has 1 rings (SSSR count). The van der Waals surface area contributed by atoms with Gasteiger partial charge in [-0.1, -0.05) is 0 Å². The molecule has 9 heavy (non-hydrogen) atoms. The predicted molar refractivity (Wildman–Crippen MR) is 35.1 cm³/mol. The summed E-state index contributed by atoms with van der Waals surface area (Å²) in [5.41, 5.74) is 0. The molecule has 1 heterocycles. The van der Waals surface area contributed by atoms with Crippen molar-refractivity contribution in [2.45, 2.75) is 19.4 Å². The second-order valence-electron chi connectivity index (χ2n) is 2.33. The van der Waals surface area contributed by atoms with E-state index < -0.39 is 0 Å². The number of ketones is 1. The van der Waals surface area contributed by atoms with Gasteiger partial charge in [-0.3, -0.25) is 10.1 Å². The van der Waals surface area contributed by atoms with E-state index >= 15 is 0 Å². The topological polar surface area (TPSA) is 41.1 Å². The first-order valence-corrected chi connectivity index (χ1v) is 3.25. The lowest BCUT2D eigenvalue weighted by atomic mass is 10.1. The molecule has 0 spiro atoms. The summed E-state index contributed by atoms with van der Waals surface area (Å²) in [7, 11) is 0. The SMILES string of the molecule is CC(=O)C1CCNCN1. The zero-order chi connectivity index (χ0) is 6.69. The van der Waals surface area contributed by atoms with Crippen molar-refractivity contribution in [3.8, 4) is 0 Å². The lowest BCUT2D eigenvalue weighted by molar-refractivity contribution is -0.119. The molecule has 0 aromatic heterocycles. The summed E-state index contributed by atoms with van der Waals surface area (Å²) in [6, 6.07) is 0.103. The van der Waals surface area contributed by atoms with E-state index in [0.717, 1.165) is 19.6 Å². The van der Waals surface area contributed by atoms with Crippen LogP contribution in [0.4, 0.5) is 0 Å². The van der Waals surface area contributed by atoms with Crippen molar-refractivity contribution in [2.75, 3.05) is 13.2 Å². The summed E-state index contributed by atoms with van der Waals surface area (Å²) in [5, 5.41) is 6.16. The van der Waals surface area contributed by atoms with Crippen LogP contribution < -0.4 is 10.6 Å². The minimum atomic E-state index is 0.103. The van der Waals surface area contributed by atoms with Gasteiger partial charge in [-0.15, -0.1) is 0 Å². The Balaban J connectivity index is 2.31. The molecule has 0 radical (unpaired) electrons. The highest BCUT2D eigenvalue weighted by Crippen LogP contribution is 1.94. The summed E-state index contributed by atoms with van der Waals surface area (Å²) >= 11 is 0. The van der Waals surface area contributed by atoms with E-state index in [1.54, 1.807) is 6.92 Å². The van der Waals surface area contributed by atoms with Crippen molar-refractivity contribution in [2.24, 2.45) is 0 Å². The Labute approximate surface area is 54.8 Å². The Hall–Kier alpha value is -0.410. The minimum absolute atomic E-state index is 0.103. The Morgan fingerprint density at radius 1 is 1.67 bits per heavy atom. The first-order chi connectivity index (χ1) is 4.30. The molecule has 1 saturated heterocycles. The van der Waals surface area contributed by atoms with E-state index in [9.17, 15) is 4.79 Å². The van der Waals surface area contributed by atoms with Crippen LogP contribution in [0.2, 0.25) is 0 Å². The number of rotatable bonds is 1. The summed E-state index contributed by atoms with van der Waals surface area (Å²) in [6.45, 7) is 3.35. The van der Waals surface area contributed by atoms with Crippen molar-refractivity contribution in [3.63, 3.8) is 0 Å².